The zero-order valence-corrected chi connectivity index (χ0v) is 11.4. The summed E-state index contributed by atoms with van der Waals surface area (Å²) in [5, 5.41) is 3.46. The Balaban J connectivity index is 1.55. The first-order valence-electron chi connectivity index (χ1n) is 7.44. The predicted molar refractivity (Wildman–Crippen MR) is 70.6 cm³/mol. The summed E-state index contributed by atoms with van der Waals surface area (Å²) < 4.78 is 11.2. The third-order valence-corrected chi connectivity index (χ3v) is 4.46. The van der Waals surface area contributed by atoms with Gasteiger partial charge in [-0.15, -0.1) is 0 Å². The van der Waals surface area contributed by atoms with Gasteiger partial charge in [0.25, 0.3) is 0 Å². The summed E-state index contributed by atoms with van der Waals surface area (Å²) in [7, 11) is 0. The van der Waals surface area contributed by atoms with Crippen LogP contribution < -0.4 is 11.1 Å². The van der Waals surface area contributed by atoms with Crippen LogP contribution in [0.4, 0.5) is 0 Å². The van der Waals surface area contributed by atoms with Crippen molar-refractivity contribution in [3.63, 3.8) is 0 Å². The van der Waals surface area contributed by atoms with Gasteiger partial charge < -0.3 is 15.2 Å². The van der Waals surface area contributed by atoms with Crippen LogP contribution in [0.2, 0.25) is 0 Å². The maximum Gasteiger partial charge on any atom is 0.240 e. The van der Waals surface area contributed by atoms with Crippen LogP contribution in [0, 0.1) is 11.8 Å². The quantitative estimate of drug-likeness (QED) is 0.669. The van der Waals surface area contributed by atoms with Crippen LogP contribution in [-0.4, -0.2) is 43.9 Å². The third kappa shape index (κ3) is 3.09. The molecule has 0 radical (unpaired) electrons. The lowest BCUT2D eigenvalue weighted by molar-refractivity contribution is -0.128. The summed E-state index contributed by atoms with van der Waals surface area (Å²) in [6.45, 7) is 2.70. The zero-order valence-electron chi connectivity index (χ0n) is 11.4. The van der Waals surface area contributed by atoms with Crippen molar-refractivity contribution in [2.75, 3.05) is 26.4 Å². The number of hydrogen-bond acceptors (Lipinski definition) is 4. The summed E-state index contributed by atoms with van der Waals surface area (Å²) in [4.78, 5) is 11.9. The van der Waals surface area contributed by atoms with Gasteiger partial charge >= 0.3 is 0 Å². The topological polar surface area (TPSA) is 73.6 Å². The van der Waals surface area contributed by atoms with Crippen molar-refractivity contribution in [2.24, 2.45) is 17.6 Å². The second-order valence-electron chi connectivity index (χ2n) is 6.27. The SMILES string of the molecule is NC(=O)C(COCC1CCOC1)(NC1CC1)C1CC1. The number of carbonyl (C=O) groups is 1. The molecule has 3 fully saturated rings. The number of hydrogen-bond donors (Lipinski definition) is 2. The first-order chi connectivity index (χ1) is 9.21. The molecular weight excluding hydrogens is 244 g/mol. The molecule has 1 aliphatic heterocycles. The lowest BCUT2D eigenvalue weighted by atomic mass is 9.93. The molecular formula is C14H24N2O3. The van der Waals surface area contributed by atoms with Crippen LogP contribution in [0.1, 0.15) is 32.1 Å². The molecule has 2 atom stereocenters. The van der Waals surface area contributed by atoms with Gasteiger partial charge in [-0.3, -0.25) is 10.1 Å². The highest BCUT2D eigenvalue weighted by Crippen LogP contribution is 2.41. The molecule has 0 bridgehead atoms. The van der Waals surface area contributed by atoms with E-state index in [2.05, 4.69) is 5.32 Å². The van der Waals surface area contributed by atoms with E-state index in [1.54, 1.807) is 0 Å². The molecule has 108 valence electrons. The smallest absolute Gasteiger partial charge is 0.240 e. The molecule has 19 heavy (non-hydrogen) atoms. The molecule has 1 amide bonds. The highest BCUT2D eigenvalue weighted by Gasteiger charge is 2.52. The van der Waals surface area contributed by atoms with Crippen molar-refractivity contribution in [2.45, 2.75) is 43.7 Å². The molecule has 1 saturated heterocycles. The van der Waals surface area contributed by atoms with E-state index in [1.165, 1.54) is 0 Å². The van der Waals surface area contributed by atoms with Crippen LogP contribution in [0.15, 0.2) is 0 Å². The van der Waals surface area contributed by atoms with Gasteiger partial charge in [-0.25, -0.2) is 0 Å². The molecule has 2 unspecified atom stereocenters. The van der Waals surface area contributed by atoms with E-state index in [4.69, 9.17) is 15.2 Å². The molecule has 5 nitrogen and oxygen atoms in total. The van der Waals surface area contributed by atoms with Gasteiger partial charge in [0.2, 0.25) is 5.91 Å². The van der Waals surface area contributed by atoms with E-state index >= 15 is 0 Å². The Morgan fingerprint density at radius 2 is 2.11 bits per heavy atom. The molecule has 5 heteroatoms. The van der Waals surface area contributed by atoms with E-state index in [-0.39, 0.29) is 5.91 Å². The fourth-order valence-electron chi connectivity index (χ4n) is 2.89. The Morgan fingerprint density at radius 3 is 2.63 bits per heavy atom. The van der Waals surface area contributed by atoms with Crippen LogP contribution in [0.3, 0.4) is 0 Å². The number of amides is 1. The minimum Gasteiger partial charge on any atom is -0.381 e. The summed E-state index contributed by atoms with van der Waals surface area (Å²) in [6.07, 6.45) is 5.52. The summed E-state index contributed by atoms with van der Waals surface area (Å²) >= 11 is 0. The van der Waals surface area contributed by atoms with Crippen molar-refractivity contribution in [3.8, 4) is 0 Å². The van der Waals surface area contributed by atoms with E-state index < -0.39 is 5.54 Å². The highest BCUT2D eigenvalue weighted by molar-refractivity contribution is 5.86. The van der Waals surface area contributed by atoms with Crippen molar-refractivity contribution < 1.29 is 14.3 Å². The molecule has 2 aliphatic carbocycles. The van der Waals surface area contributed by atoms with Gasteiger partial charge in [0.15, 0.2) is 0 Å². The van der Waals surface area contributed by atoms with Gasteiger partial charge in [0.05, 0.1) is 19.8 Å². The summed E-state index contributed by atoms with van der Waals surface area (Å²) in [6, 6.07) is 0.464. The maximum absolute atomic E-state index is 11.9. The van der Waals surface area contributed by atoms with Crippen molar-refractivity contribution in [1.82, 2.24) is 5.32 Å². The van der Waals surface area contributed by atoms with Crippen molar-refractivity contribution in [1.29, 1.82) is 0 Å². The molecule has 3 N–H and O–H groups in total. The monoisotopic (exact) mass is 268 g/mol. The Labute approximate surface area is 114 Å². The number of carbonyl (C=O) groups excluding carboxylic acids is 1. The molecule has 3 aliphatic rings. The molecule has 2 saturated carbocycles. The fraction of sp³-hybridized carbons (Fsp3) is 0.929. The lowest BCUT2D eigenvalue weighted by Crippen LogP contribution is -2.61. The number of nitrogens with two attached hydrogens (primary N) is 1. The fourth-order valence-corrected chi connectivity index (χ4v) is 2.89. The number of primary amides is 1. The van der Waals surface area contributed by atoms with Gasteiger partial charge in [0.1, 0.15) is 5.54 Å². The maximum atomic E-state index is 11.9. The van der Waals surface area contributed by atoms with Crippen LogP contribution >= 0.6 is 0 Å². The largest absolute Gasteiger partial charge is 0.381 e. The minimum absolute atomic E-state index is 0.246. The standard InChI is InChI=1S/C14H24N2O3/c15-13(17)14(11-1-2-11,16-12-3-4-12)9-19-8-10-5-6-18-7-10/h10-12,16H,1-9H2,(H2,15,17). The Morgan fingerprint density at radius 1 is 1.32 bits per heavy atom. The zero-order chi connectivity index (χ0) is 13.3. The number of ether oxygens (including phenoxy) is 2. The van der Waals surface area contributed by atoms with Crippen LogP contribution in [0.25, 0.3) is 0 Å². The van der Waals surface area contributed by atoms with E-state index in [0.29, 0.717) is 31.1 Å². The first kappa shape index (κ1) is 13.3. The Kier molecular flexibility index (Phi) is 3.78. The second-order valence-corrected chi connectivity index (χ2v) is 6.27. The minimum atomic E-state index is -0.624. The van der Waals surface area contributed by atoms with Gasteiger partial charge in [0, 0.05) is 18.6 Å². The van der Waals surface area contributed by atoms with Gasteiger partial charge in [-0.05, 0) is 38.0 Å². The Bertz CT molecular complexity index is 336. The molecule has 0 aromatic rings. The Hall–Kier alpha value is -0.650. The highest BCUT2D eigenvalue weighted by atomic mass is 16.5. The van der Waals surface area contributed by atoms with Crippen LogP contribution in [-0.2, 0) is 14.3 Å². The first-order valence-corrected chi connectivity index (χ1v) is 7.44. The number of rotatable bonds is 8. The summed E-state index contributed by atoms with van der Waals surface area (Å²) in [5.41, 5.74) is 5.05. The molecule has 1 heterocycles. The normalized spacial score (nSPS) is 30.2. The average molecular weight is 268 g/mol. The van der Waals surface area contributed by atoms with Crippen molar-refractivity contribution in [3.05, 3.63) is 0 Å². The van der Waals surface area contributed by atoms with Crippen LogP contribution in [0.5, 0.6) is 0 Å². The third-order valence-electron chi connectivity index (χ3n) is 4.46. The molecule has 0 aromatic carbocycles. The lowest BCUT2D eigenvalue weighted by Gasteiger charge is -2.32. The second kappa shape index (κ2) is 5.38. The van der Waals surface area contributed by atoms with Gasteiger partial charge in [-0.2, -0.15) is 0 Å². The van der Waals surface area contributed by atoms with Crippen molar-refractivity contribution >= 4 is 5.91 Å². The summed E-state index contributed by atoms with van der Waals surface area (Å²) in [5.74, 6) is 0.598. The van der Waals surface area contributed by atoms with Gasteiger partial charge in [-0.1, -0.05) is 0 Å². The average Bonchev–Trinajstić information content (AvgIpc) is 3.29. The molecule has 3 rings (SSSR count). The van der Waals surface area contributed by atoms with E-state index in [1.807, 2.05) is 0 Å². The molecule has 0 spiro atoms. The van der Waals surface area contributed by atoms with E-state index in [9.17, 15) is 4.79 Å². The molecule has 0 aromatic heterocycles. The van der Waals surface area contributed by atoms with E-state index in [0.717, 1.165) is 45.3 Å². The predicted octanol–water partition coefficient (Wildman–Crippen LogP) is 0.426. The number of nitrogens with one attached hydrogen (secondary N) is 1.